The number of nitrogens with two attached hydrogens (primary N) is 1. The van der Waals surface area contributed by atoms with Crippen molar-refractivity contribution in [3.8, 4) is 0 Å². The van der Waals surface area contributed by atoms with Crippen LogP contribution in [0.4, 0.5) is 0 Å². The van der Waals surface area contributed by atoms with E-state index < -0.39 is 24.1 Å². The number of rotatable bonds is 8. The van der Waals surface area contributed by atoms with Crippen molar-refractivity contribution in [2.45, 2.75) is 90.3 Å². The summed E-state index contributed by atoms with van der Waals surface area (Å²) in [6.45, 7) is 11.2. The third kappa shape index (κ3) is 5.96. The number of amidine groups is 1. The van der Waals surface area contributed by atoms with Crippen LogP contribution in [-0.2, 0) is 9.59 Å². The van der Waals surface area contributed by atoms with Gasteiger partial charge in [-0.3, -0.25) is 14.8 Å². The van der Waals surface area contributed by atoms with E-state index in [1.54, 1.807) is 18.6 Å². The summed E-state index contributed by atoms with van der Waals surface area (Å²) in [6, 6.07) is -1.70. The highest BCUT2D eigenvalue weighted by Gasteiger charge is 2.50. The lowest BCUT2D eigenvalue weighted by Crippen LogP contribution is -2.54. The second-order valence-electron chi connectivity index (χ2n) is 12.0. The van der Waals surface area contributed by atoms with Crippen LogP contribution in [0.15, 0.2) is 35.9 Å². The summed E-state index contributed by atoms with van der Waals surface area (Å²) in [5.74, 6) is -0.237. The van der Waals surface area contributed by atoms with E-state index in [9.17, 15) is 14.7 Å². The molecule has 0 radical (unpaired) electrons. The van der Waals surface area contributed by atoms with E-state index in [1.165, 1.54) is 0 Å². The molecule has 202 valence electrons. The highest BCUT2D eigenvalue weighted by atomic mass is 16.4. The van der Waals surface area contributed by atoms with Gasteiger partial charge in [-0.05, 0) is 48.9 Å². The van der Waals surface area contributed by atoms with E-state index in [-0.39, 0.29) is 29.0 Å². The Morgan fingerprint density at radius 3 is 2.51 bits per heavy atom. The van der Waals surface area contributed by atoms with Gasteiger partial charge in [0.1, 0.15) is 23.6 Å². The van der Waals surface area contributed by atoms with Gasteiger partial charge in [0.05, 0.1) is 12.2 Å². The fourth-order valence-electron chi connectivity index (χ4n) is 6.59. The molecule has 1 saturated heterocycles. The van der Waals surface area contributed by atoms with Crippen LogP contribution >= 0.6 is 0 Å². The number of amides is 1. The van der Waals surface area contributed by atoms with Gasteiger partial charge >= 0.3 is 5.97 Å². The first-order valence-electron chi connectivity index (χ1n) is 13.7. The summed E-state index contributed by atoms with van der Waals surface area (Å²) in [5.41, 5.74) is 7.02. The number of aliphatic carboxylic acids is 1. The molecular weight excluding hydrogens is 468 g/mol. The van der Waals surface area contributed by atoms with Gasteiger partial charge in [-0.15, -0.1) is 0 Å². The van der Waals surface area contributed by atoms with Gasteiger partial charge in [-0.2, -0.15) is 0 Å². The van der Waals surface area contributed by atoms with Gasteiger partial charge in [0, 0.05) is 24.6 Å². The van der Waals surface area contributed by atoms with Gasteiger partial charge in [0.25, 0.3) is 0 Å². The number of carbonyl (C=O) groups is 2. The first-order valence-corrected chi connectivity index (χ1v) is 13.7. The van der Waals surface area contributed by atoms with Crippen molar-refractivity contribution >= 4 is 17.7 Å². The fraction of sp³-hybridized carbons (Fsp3) is 0.679. The molecule has 0 spiro atoms. The molecule has 4 N–H and O–H groups in total. The van der Waals surface area contributed by atoms with Crippen molar-refractivity contribution in [2.24, 2.45) is 33.9 Å². The van der Waals surface area contributed by atoms with Gasteiger partial charge in [0.2, 0.25) is 5.91 Å². The van der Waals surface area contributed by atoms with Crippen LogP contribution in [0, 0.1) is 23.2 Å². The Labute approximate surface area is 220 Å². The van der Waals surface area contributed by atoms with E-state index in [1.807, 2.05) is 25.7 Å². The molecule has 9 nitrogen and oxygen atoms in total. The number of fused-ring (bicyclic) bond motifs is 1. The maximum absolute atomic E-state index is 13.9. The third-order valence-corrected chi connectivity index (χ3v) is 8.47. The Hall–Kier alpha value is -2.97. The molecule has 3 aliphatic rings. The summed E-state index contributed by atoms with van der Waals surface area (Å²) in [4.78, 5) is 41.2. The quantitative estimate of drug-likeness (QED) is 0.361. The zero-order valence-electron chi connectivity index (χ0n) is 22.4. The predicted octanol–water partition coefficient (Wildman–Crippen LogP) is 3.36. The van der Waals surface area contributed by atoms with E-state index in [2.05, 4.69) is 21.9 Å². The Morgan fingerprint density at radius 1 is 1.16 bits per heavy atom. The van der Waals surface area contributed by atoms with Crippen molar-refractivity contribution in [1.82, 2.24) is 20.2 Å². The molecule has 2 saturated carbocycles. The van der Waals surface area contributed by atoms with Crippen LogP contribution in [0.5, 0.6) is 0 Å². The number of carboxylic acid groups (broad SMARTS) is 1. The van der Waals surface area contributed by atoms with Crippen LogP contribution in [0.25, 0.3) is 0 Å². The van der Waals surface area contributed by atoms with Crippen LogP contribution in [0.1, 0.15) is 77.8 Å². The number of hydrogen-bond donors (Lipinski definition) is 3. The minimum Gasteiger partial charge on any atom is -0.480 e. The summed E-state index contributed by atoms with van der Waals surface area (Å²) in [6.07, 6.45) is 12.8. The average Bonchev–Trinajstić information content (AvgIpc) is 3.47. The van der Waals surface area contributed by atoms with Gasteiger partial charge < -0.3 is 21.1 Å². The molecule has 0 aromatic carbocycles. The maximum atomic E-state index is 13.9. The summed E-state index contributed by atoms with van der Waals surface area (Å²) >= 11 is 0. The molecule has 37 heavy (non-hydrogen) atoms. The second-order valence-corrected chi connectivity index (χ2v) is 12.0. The van der Waals surface area contributed by atoms with E-state index >= 15 is 0 Å². The Balaban J connectivity index is 1.60. The number of nitrogens with one attached hydrogen (secondary N) is 1. The SMILES string of the molecule is C=C(C(NC(=O)C(N=C(N)c1cnccn1)C1CCCCC1)C(C)(C)C)N1CC2CCCC2C1C(=O)O. The number of carboxylic acids is 1. The Morgan fingerprint density at radius 2 is 1.89 bits per heavy atom. The molecule has 9 heteroatoms. The van der Waals surface area contributed by atoms with Crippen molar-refractivity contribution in [1.29, 1.82) is 0 Å². The molecule has 5 unspecified atom stereocenters. The largest absolute Gasteiger partial charge is 0.480 e. The third-order valence-electron chi connectivity index (χ3n) is 8.47. The number of likely N-dealkylation sites (tertiary alicyclic amines) is 1. The molecule has 5 atom stereocenters. The number of aromatic nitrogens is 2. The van der Waals surface area contributed by atoms with Crippen molar-refractivity contribution in [2.75, 3.05) is 6.54 Å². The topological polar surface area (TPSA) is 134 Å². The van der Waals surface area contributed by atoms with Crippen LogP contribution < -0.4 is 11.1 Å². The van der Waals surface area contributed by atoms with Gasteiger partial charge in [-0.25, -0.2) is 9.78 Å². The fourth-order valence-corrected chi connectivity index (χ4v) is 6.59. The van der Waals surface area contributed by atoms with Gasteiger partial charge in [0.15, 0.2) is 0 Å². The highest BCUT2D eigenvalue weighted by molar-refractivity contribution is 5.97. The lowest BCUT2D eigenvalue weighted by Gasteiger charge is -2.40. The monoisotopic (exact) mass is 510 g/mol. The smallest absolute Gasteiger partial charge is 0.326 e. The molecule has 2 aliphatic carbocycles. The molecule has 1 aromatic rings. The van der Waals surface area contributed by atoms with Crippen LogP contribution in [0.3, 0.4) is 0 Å². The minimum absolute atomic E-state index is 0.0794. The predicted molar refractivity (Wildman–Crippen MR) is 143 cm³/mol. The van der Waals surface area contributed by atoms with Crippen molar-refractivity contribution in [3.63, 3.8) is 0 Å². The average molecular weight is 511 g/mol. The normalized spacial score (nSPS) is 26.4. The Bertz CT molecular complexity index is 1010. The molecule has 1 aliphatic heterocycles. The molecule has 2 heterocycles. The van der Waals surface area contributed by atoms with Gasteiger partial charge in [-0.1, -0.05) is 53.0 Å². The van der Waals surface area contributed by atoms with E-state index in [4.69, 9.17) is 10.7 Å². The Kier molecular flexibility index (Phi) is 8.19. The van der Waals surface area contributed by atoms with Crippen molar-refractivity contribution in [3.05, 3.63) is 36.6 Å². The first kappa shape index (κ1) is 27.1. The number of nitrogens with zero attached hydrogens (tertiary/aromatic N) is 4. The van der Waals surface area contributed by atoms with Crippen LogP contribution in [0.2, 0.25) is 0 Å². The number of hydrogen-bond acceptors (Lipinski definition) is 6. The summed E-state index contributed by atoms with van der Waals surface area (Å²) in [5, 5.41) is 13.3. The molecule has 3 fully saturated rings. The molecule has 1 aromatic heterocycles. The number of aliphatic imine (C=N–C) groups is 1. The minimum atomic E-state index is -0.809. The summed E-state index contributed by atoms with van der Waals surface area (Å²) < 4.78 is 0. The first-order chi connectivity index (χ1) is 17.6. The van der Waals surface area contributed by atoms with E-state index in [0.717, 1.165) is 51.4 Å². The lowest BCUT2D eigenvalue weighted by atomic mass is 9.81. The molecule has 0 bridgehead atoms. The maximum Gasteiger partial charge on any atom is 0.326 e. The lowest BCUT2D eigenvalue weighted by molar-refractivity contribution is -0.143. The summed E-state index contributed by atoms with van der Waals surface area (Å²) in [7, 11) is 0. The number of carbonyl (C=O) groups excluding carboxylic acids is 1. The second kappa shape index (κ2) is 11.2. The zero-order chi connectivity index (χ0) is 26.7. The molecular formula is C28H42N6O3. The highest BCUT2D eigenvalue weighted by Crippen LogP contribution is 2.45. The van der Waals surface area contributed by atoms with Crippen molar-refractivity contribution < 1.29 is 14.7 Å². The standard InChI is InChI=1S/C28H42N6O3/c1-17(34-16-19-11-8-12-20(19)23(34)27(36)37)24(28(2,3)4)33-26(35)22(18-9-6-5-7-10-18)32-25(29)21-15-30-13-14-31-21/h13-15,18-20,22-24H,1,5-12,16H2,2-4H3,(H2,29,32)(H,33,35)(H,36,37). The molecule has 4 rings (SSSR count). The van der Waals surface area contributed by atoms with E-state index in [0.29, 0.717) is 23.9 Å². The molecule has 1 amide bonds. The zero-order valence-corrected chi connectivity index (χ0v) is 22.4. The van der Waals surface area contributed by atoms with Crippen LogP contribution in [-0.4, -0.2) is 62.4 Å².